The van der Waals surface area contributed by atoms with Gasteiger partial charge in [-0.1, -0.05) is 128 Å². The van der Waals surface area contributed by atoms with Crippen molar-refractivity contribution in [3.8, 4) is 0 Å². The van der Waals surface area contributed by atoms with Crippen molar-refractivity contribution in [2.75, 3.05) is 0 Å². The van der Waals surface area contributed by atoms with E-state index in [4.69, 9.17) is 0 Å². The van der Waals surface area contributed by atoms with Crippen LogP contribution in [-0.4, -0.2) is 0 Å². The average Bonchev–Trinajstić information content (AvgIpc) is 2.63. The van der Waals surface area contributed by atoms with Crippen LogP contribution in [0.4, 0.5) is 0 Å². The third-order valence-electron chi connectivity index (χ3n) is 5.05. The zero-order chi connectivity index (χ0) is 18.3. The van der Waals surface area contributed by atoms with Gasteiger partial charge in [-0.05, 0) is 32.1 Å². The summed E-state index contributed by atoms with van der Waals surface area (Å²) < 4.78 is 0. The van der Waals surface area contributed by atoms with Crippen molar-refractivity contribution in [2.24, 2.45) is 0 Å². The number of hydrogen-bond donors (Lipinski definition) is 0. The molecule has 0 fully saturated rings. The first-order valence-corrected chi connectivity index (χ1v) is 11.7. The summed E-state index contributed by atoms with van der Waals surface area (Å²) in [6.45, 7) is 4.58. The van der Waals surface area contributed by atoms with E-state index in [1.165, 1.54) is 116 Å². The number of unbranched alkanes of at least 4 members (excludes halogenated alkanes) is 16. The topological polar surface area (TPSA) is 0 Å². The standard InChI is InChI=1S/C25H48/c1-3-5-7-9-11-13-15-17-19-21-23-25-24-22-20-18-16-14-12-10-8-6-4-2/h21-24H,3-20,25H2,1-2H3/b23-21+,24-22+. The Hall–Kier alpha value is -0.520. The molecule has 0 spiro atoms. The highest BCUT2D eigenvalue weighted by Crippen LogP contribution is 2.11. The third-order valence-corrected chi connectivity index (χ3v) is 5.05. The minimum atomic E-state index is 1.13. The van der Waals surface area contributed by atoms with Gasteiger partial charge < -0.3 is 0 Å². The predicted molar refractivity (Wildman–Crippen MR) is 117 cm³/mol. The van der Waals surface area contributed by atoms with Crippen LogP contribution in [-0.2, 0) is 0 Å². The van der Waals surface area contributed by atoms with E-state index in [0.29, 0.717) is 0 Å². The van der Waals surface area contributed by atoms with Crippen molar-refractivity contribution in [1.82, 2.24) is 0 Å². The Balaban J connectivity index is 3.14. The number of rotatable bonds is 20. The zero-order valence-corrected chi connectivity index (χ0v) is 17.7. The molecular weight excluding hydrogens is 300 g/mol. The minimum absolute atomic E-state index is 1.13. The molecule has 25 heavy (non-hydrogen) atoms. The molecule has 0 aliphatic carbocycles. The van der Waals surface area contributed by atoms with E-state index in [1.54, 1.807) is 0 Å². The Morgan fingerprint density at radius 2 is 0.680 bits per heavy atom. The van der Waals surface area contributed by atoms with Gasteiger partial charge in [0.2, 0.25) is 0 Å². The molecule has 0 heterocycles. The lowest BCUT2D eigenvalue weighted by atomic mass is 10.1. The van der Waals surface area contributed by atoms with Crippen LogP contribution in [0.1, 0.15) is 136 Å². The van der Waals surface area contributed by atoms with E-state index in [0.717, 1.165) is 6.42 Å². The normalized spacial score (nSPS) is 11.9. The lowest BCUT2D eigenvalue weighted by molar-refractivity contribution is 0.577. The van der Waals surface area contributed by atoms with E-state index >= 15 is 0 Å². The summed E-state index contributed by atoms with van der Waals surface area (Å²) in [6.07, 6.45) is 35.9. The molecule has 148 valence electrons. The van der Waals surface area contributed by atoms with Gasteiger partial charge in [0, 0.05) is 0 Å². The molecule has 0 aliphatic heterocycles. The van der Waals surface area contributed by atoms with Crippen molar-refractivity contribution < 1.29 is 0 Å². The third kappa shape index (κ3) is 23.5. The van der Waals surface area contributed by atoms with Crippen LogP contribution >= 0.6 is 0 Å². The highest BCUT2D eigenvalue weighted by atomic mass is 14.0. The largest absolute Gasteiger partial charge is 0.0882 e. The summed E-state index contributed by atoms with van der Waals surface area (Å²) >= 11 is 0. The van der Waals surface area contributed by atoms with Gasteiger partial charge in [0.1, 0.15) is 0 Å². The second-order valence-corrected chi connectivity index (χ2v) is 7.71. The van der Waals surface area contributed by atoms with E-state index in [2.05, 4.69) is 38.2 Å². The van der Waals surface area contributed by atoms with Gasteiger partial charge in [0.05, 0.1) is 0 Å². The number of hydrogen-bond acceptors (Lipinski definition) is 0. The smallest absolute Gasteiger partial charge is 0.0169 e. The highest BCUT2D eigenvalue weighted by Gasteiger charge is 1.91. The zero-order valence-electron chi connectivity index (χ0n) is 17.7. The first kappa shape index (κ1) is 24.5. The quantitative estimate of drug-likeness (QED) is 0.152. The van der Waals surface area contributed by atoms with Gasteiger partial charge in [-0.15, -0.1) is 0 Å². The molecule has 0 unspecified atom stereocenters. The van der Waals surface area contributed by atoms with Crippen molar-refractivity contribution >= 4 is 0 Å². The fourth-order valence-corrected chi connectivity index (χ4v) is 3.30. The summed E-state index contributed by atoms with van der Waals surface area (Å²) in [5.74, 6) is 0. The molecule has 0 rings (SSSR count). The molecule has 0 heteroatoms. The van der Waals surface area contributed by atoms with E-state index in [9.17, 15) is 0 Å². The van der Waals surface area contributed by atoms with Gasteiger partial charge in [-0.2, -0.15) is 0 Å². The Kier molecular flexibility index (Phi) is 23.0. The van der Waals surface area contributed by atoms with Crippen molar-refractivity contribution in [3.63, 3.8) is 0 Å². The maximum atomic E-state index is 2.39. The molecule has 0 radical (unpaired) electrons. The number of allylic oxidation sites excluding steroid dienone is 4. The summed E-state index contributed by atoms with van der Waals surface area (Å²) in [5.41, 5.74) is 0. The maximum absolute atomic E-state index is 2.39. The van der Waals surface area contributed by atoms with Crippen LogP contribution in [0.5, 0.6) is 0 Å². The van der Waals surface area contributed by atoms with Crippen molar-refractivity contribution in [1.29, 1.82) is 0 Å². The molecule has 0 nitrogen and oxygen atoms in total. The maximum Gasteiger partial charge on any atom is -0.0169 e. The molecule has 0 aromatic carbocycles. The second-order valence-electron chi connectivity index (χ2n) is 7.71. The van der Waals surface area contributed by atoms with Gasteiger partial charge in [-0.3, -0.25) is 0 Å². The predicted octanol–water partition coefficient (Wildman–Crippen LogP) is 9.55. The first-order chi connectivity index (χ1) is 12.4. The summed E-state index contributed by atoms with van der Waals surface area (Å²) in [6, 6.07) is 0. The van der Waals surface area contributed by atoms with Crippen LogP contribution in [0.15, 0.2) is 24.3 Å². The summed E-state index contributed by atoms with van der Waals surface area (Å²) in [5, 5.41) is 0. The van der Waals surface area contributed by atoms with E-state index in [-0.39, 0.29) is 0 Å². The van der Waals surface area contributed by atoms with E-state index in [1.807, 2.05) is 0 Å². The van der Waals surface area contributed by atoms with Gasteiger partial charge in [0.15, 0.2) is 0 Å². The van der Waals surface area contributed by atoms with Crippen LogP contribution in [0.2, 0.25) is 0 Å². The monoisotopic (exact) mass is 348 g/mol. The summed E-state index contributed by atoms with van der Waals surface area (Å²) in [7, 11) is 0. The van der Waals surface area contributed by atoms with Gasteiger partial charge in [0.25, 0.3) is 0 Å². The molecule has 0 saturated heterocycles. The lowest BCUT2D eigenvalue weighted by Gasteiger charge is -2.00. The lowest BCUT2D eigenvalue weighted by Crippen LogP contribution is -1.80. The highest BCUT2D eigenvalue weighted by molar-refractivity contribution is 4.92. The van der Waals surface area contributed by atoms with Crippen LogP contribution in [0, 0.1) is 0 Å². The van der Waals surface area contributed by atoms with Crippen molar-refractivity contribution in [2.45, 2.75) is 136 Å². The molecule has 0 N–H and O–H groups in total. The molecule has 0 atom stereocenters. The molecule has 0 amide bonds. The van der Waals surface area contributed by atoms with Crippen LogP contribution in [0.3, 0.4) is 0 Å². The van der Waals surface area contributed by atoms with Crippen LogP contribution < -0.4 is 0 Å². The summed E-state index contributed by atoms with van der Waals surface area (Å²) in [4.78, 5) is 0. The second kappa shape index (κ2) is 23.5. The minimum Gasteiger partial charge on any atom is -0.0882 e. The molecule has 0 aromatic heterocycles. The molecular formula is C25H48. The van der Waals surface area contributed by atoms with Gasteiger partial charge >= 0.3 is 0 Å². The fourth-order valence-electron chi connectivity index (χ4n) is 3.30. The Bertz CT molecular complexity index is 246. The molecule has 0 bridgehead atoms. The molecule has 0 aliphatic rings. The van der Waals surface area contributed by atoms with E-state index < -0.39 is 0 Å². The Morgan fingerprint density at radius 3 is 1.04 bits per heavy atom. The fraction of sp³-hybridized carbons (Fsp3) is 0.840. The average molecular weight is 349 g/mol. The Morgan fingerprint density at radius 1 is 0.360 bits per heavy atom. The van der Waals surface area contributed by atoms with Crippen molar-refractivity contribution in [3.05, 3.63) is 24.3 Å². The Labute approximate surface area is 160 Å². The molecule has 0 saturated carbocycles. The molecule has 0 aromatic rings. The first-order valence-electron chi connectivity index (χ1n) is 11.7. The van der Waals surface area contributed by atoms with Crippen LogP contribution in [0.25, 0.3) is 0 Å². The SMILES string of the molecule is CCCCCCCCCC/C=C/C/C=C/CCCCCCCCCC. The van der Waals surface area contributed by atoms with Gasteiger partial charge in [-0.25, -0.2) is 0 Å².